The number of benzene rings is 1. The molecule has 1 saturated heterocycles. The van der Waals surface area contributed by atoms with Gasteiger partial charge < -0.3 is 9.80 Å². The molecule has 2 aromatic rings. The van der Waals surface area contributed by atoms with Crippen LogP contribution in [0.5, 0.6) is 0 Å². The Hall–Kier alpha value is -2.63. The molecule has 1 aliphatic rings. The summed E-state index contributed by atoms with van der Waals surface area (Å²) in [5, 5.41) is 4.53. The summed E-state index contributed by atoms with van der Waals surface area (Å²) < 4.78 is 1.78. The average Bonchev–Trinajstić information content (AvgIpc) is 3.12. The van der Waals surface area contributed by atoms with E-state index in [1.165, 1.54) is 0 Å². The maximum absolute atomic E-state index is 12.9. The van der Waals surface area contributed by atoms with Crippen molar-refractivity contribution >= 4 is 11.8 Å². The van der Waals surface area contributed by atoms with Crippen molar-refractivity contribution in [3.8, 4) is 0 Å². The molecule has 0 atom stereocenters. The fraction of sp³-hybridized carbons (Fsp3) is 0.450. The highest BCUT2D eigenvalue weighted by molar-refractivity contribution is 5.95. The Bertz CT molecular complexity index is 774. The topological polar surface area (TPSA) is 58.4 Å². The number of amides is 2. The minimum atomic E-state index is -0.00180. The molecule has 26 heavy (non-hydrogen) atoms. The van der Waals surface area contributed by atoms with E-state index in [-0.39, 0.29) is 17.7 Å². The first-order chi connectivity index (χ1) is 12.5. The van der Waals surface area contributed by atoms with Gasteiger partial charge in [0.25, 0.3) is 11.8 Å². The molecule has 1 fully saturated rings. The van der Waals surface area contributed by atoms with Crippen molar-refractivity contribution in [1.82, 2.24) is 19.6 Å². The minimum Gasteiger partial charge on any atom is -0.335 e. The Balaban J connectivity index is 1.66. The molecule has 0 aliphatic carbocycles. The minimum absolute atomic E-state index is 0.00180. The highest BCUT2D eigenvalue weighted by Gasteiger charge is 2.27. The summed E-state index contributed by atoms with van der Waals surface area (Å²) in [6.07, 6.45) is 0. The van der Waals surface area contributed by atoms with Crippen LogP contribution >= 0.6 is 0 Å². The first-order valence-electron chi connectivity index (χ1n) is 9.22. The molecular formula is C20H26N4O2. The maximum Gasteiger partial charge on any atom is 0.272 e. The Kier molecular flexibility index (Phi) is 5.40. The van der Waals surface area contributed by atoms with E-state index in [2.05, 4.69) is 18.9 Å². The molecule has 2 amide bonds. The number of aromatic nitrogens is 2. The monoisotopic (exact) mass is 354 g/mol. The summed E-state index contributed by atoms with van der Waals surface area (Å²) >= 11 is 0. The maximum atomic E-state index is 12.9. The molecule has 2 heterocycles. The van der Waals surface area contributed by atoms with E-state index in [9.17, 15) is 9.59 Å². The third-order valence-corrected chi connectivity index (χ3v) is 4.78. The van der Waals surface area contributed by atoms with Crippen molar-refractivity contribution in [1.29, 1.82) is 0 Å². The second-order valence-corrected chi connectivity index (χ2v) is 6.88. The van der Waals surface area contributed by atoms with E-state index in [4.69, 9.17) is 0 Å². The standard InChI is InChI=1S/C20H26N4O2/c1-4-24-18(14-17(21-24)15(2)3)20(26)23-12-10-22(11-13-23)19(25)16-8-6-5-7-9-16/h5-9,14-15H,4,10-13H2,1-3H3. The Morgan fingerprint density at radius 2 is 1.58 bits per heavy atom. The second kappa shape index (κ2) is 7.72. The number of aryl methyl sites for hydroxylation is 1. The van der Waals surface area contributed by atoms with Crippen LogP contribution in [0.4, 0.5) is 0 Å². The van der Waals surface area contributed by atoms with Crippen molar-refractivity contribution in [2.75, 3.05) is 26.2 Å². The highest BCUT2D eigenvalue weighted by atomic mass is 16.2. The van der Waals surface area contributed by atoms with Crippen molar-refractivity contribution in [3.05, 3.63) is 53.3 Å². The molecule has 1 aromatic heterocycles. The predicted molar refractivity (Wildman–Crippen MR) is 100 cm³/mol. The number of nitrogens with zero attached hydrogens (tertiary/aromatic N) is 4. The average molecular weight is 354 g/mol. The zero-order valence-corrected chi connectivity index (χ0v) is 15.7. The Labute approximate surface area is 154 Å². The van der Waals surface area contributed by atoms with Crippen LogP contribution in [-0.4, -0.2) is 57.6 Å². The summed E-state index contributed by atoms with van der Waals surface area (Å²) in [6.45, 7) is 9.00. The van der Waals surface area contributed by atoms with Crippen LogP contribution in [0.3, 0.4) is 0 Å². The van der Waals surface area contributed by atoms with Gasteiger partial charge in [0.15, 0.2) is 0 Å². The van der Waals surface area contributed by atoms with E-state index >= 15 is 0 Å². The van der Waals surface area contributed by atoms with Crippen LogP contribution in [0.15, 0.2) is 36.4 Å². The molecular weight excluding hydrogens is 328 g/mol. The van der Waals surface area contributed by atoms with E-state index in [1.54, 1.807) is 4.68 Å². The molecule has 0 unspecified atom stereocenters. The van der Waals surface area contributed by atoms with Gasteiger partial charge in [-0.1, -0.05) is 32.0 Å². The molecule has 3 rings (SSSR count). The predicted octanol–water partition coefficient (Wildman–Crippen LogP) is 2.62. The number of hydrogen-bond acceptors (Lipinski definition) is 3. The lowest BCUT2D eigenvalue weighted by atomic mass is 10.1. The van der Waals surface area contributed by atoms with Crippen LogP contribution in [0.1, 0.15) is 53.2 Å². The summed E-state index contributed by atoms with van der Waals surface area (Å²) in [6, 6.07) is 11.2. The molecule has 0 N–H and O–H groups in total. The molecule has 0 spiro atoms. The molecule has 0 radical (unpaired) electrons. The highest BCUT2D eigenvalue weighted by Crippen LogP contribution is 2.17. The van der Waals surface area contributed by atoms with Crippen molar-refractivity contribution in [3.63, 3.8) is 0 Å². The molecule has 1 aromatic carbocycles. The fourth-order valence-corrected chi connectivity index (χ4v) is 3.17. The normalized spacial score (nSPS) is 14.8. The zero-order valence-electron chi connectivity index (χ0n) is 15.7. The van der Waals surface area contributed by atoms with Gasteiger partial charge in [0, 0.05) is 38.3 Å². The van der Waals surface area contributed by atoms with Crippen LogP contribution in [-0.2, 0) is 6.54 Å². The molecule has 6 heteroatoms. The van der Waals surface area contributed by atoms with E-state index in [0.29, 0.717) is 44.0 Å². The molecule has 138 valence electrons. The summed E-state index contributed by atoms with van der Waals surface area (Å²) in [5.41, 5.74) is 2.27. The van der Waals surface area contributed by atoms with Gasteiger partial charge in [0.05, 0.1) is 5.69 Å². The van der Waals surface area contributed by atoms with Crippen LogP contribution in [0, 0.1) is 0 Å². The number of carbonyl (C=O) groups excluding carboxylic acids is 2. The largest absolute Gasteiger partial charge is 0.335 e. The Morgan fingerprint density at radius 3 is 2.12 bits per heavy atom. The third kappa shape index (κ3) is 3.64. The van der Waals surface area contributed by atoms with E-state index in [1.807, 2.05) is 53.1 Å². The van der Waals surface area contributed by atoms with Gasteiger partial charge in [-0.2, -0.15) is 5.10 Å². The summed E-state index contributed by atoms with van der Waals surface area (Å²) in [4.78, 5) is 29.1. The fourth-order valence-electron chi connectivity index (χ4n) is 3.17. The third-order valence-electron chi connectivity index (χ3n) is 4.78. The van der Waals surface area contributed by atoms with Gasteiger partial charge in [-0.05, 0) is 31.0 Å². The lowest BCUT2D eigenvalue weighted by molar-refractivity contribution is 0.0528. The van der Waals surface area contributed by atoms with Crippen LogP contribution in [0.2, 0.25) is 0 Å². The number of piperazine rings is 1. The summed E-state index contributed by atoms with van der Waals surface area (Å²) in [5.74, 6) is 0.311. The number of rotatable bonds is 4. The summed E-state index contributed by atoms with van der Waals surface area (Å²) in [7, 11) is 0. The quantitative estimate of drug-likeness (QED) is 0.848. The number of hydrogen-bond donors (Lipinski definition) is 0. The van der Waals surface area contributed by atoms with Gasteiger partial charge in [-0.3, -0.25) is 14.3 Å². The van der Waals surface area contributed by atoms with Gasteiger partial charge >= 0.3 is 0 Å². The molecule has 0 saturated carbocycles. The molecule has 1 aliphatic heterocycles. The SMILES string of the molecule is CCn1nc(C(C)C)cc1C(=O)N1CCN(C(=O)c2ccccc2)CC1. The molecule has 0 bridgehead atoms. The smallest absolute Gasteiger partial charge is 0.272 e. The first-order valence-corrected chi connectivity index (χ1v) is 9.22. The molecule has 6 nitrogen and oxygen atoms in total. The van der Waals surface area contributed by atoms with E-state index < -0.39 is 0 Å². The van der Waals surface area contributed by atoms with E-state index in [0.717, 1.165) is 5.69 Å². The van der Waals surface area contributed by atoms with Crippen molar-refractivity contribution in [2.24, 2.45) is 0 Å². The van der Waals surface area contributed by atoms with Crippen molar-refractivity contribution < 1.29 is 9.59 Å². The van der Waals surface area contributed by atoms with Crippen molar-refractivity contribution in [2.45, 2.75) is 33.2 Å². The Morgan fingerprint density at radius 1 is 1.00 bits per heavy atom. The van der Waals surface area contributed by atoms with Crippen LogP contribution < -0.4 is 0 Å². The zero-order chi connectivity index (χ0) is 18.7. The lowest BCUT2D eigenvalue weighted by Crippen LogP contribution is -2.50. The first kappa shape index (κ1) is 18.2. The number of carbonyl (C=O) groups is 2. The lowest BCUT2D eigenvalue weighted by Gasteiger charge is -2.34. The van der Waals surface area contributed by atoms with Gasteiger partial charge in [-0.25, -0.2) is 0 Å². The van der Waals surface area contributed by atoms with Crippen LogP contribution in [0.25, 0.3) is 0 Å². The second-order valence-electron chi connectivity index (χ2n) is 6.88. The van der Waals surface area contributed by atoms with Gasteiger partial charge in [-0.15, -0.1) is 0 Å². The van der Waals surface area contributed by atoms with Gasteiger partial charge in [0.1, 0.15) is 5.69 Å². The van der Waals surface area contributed by atoms with Gasteiger partial charge in [0.2, 0.25) is 0 Å².